The largest absolute Gasteiger partial charge is 2.00 e. The van der Waals surface area contributed by atoms with Crippen LogP contribution in [0.1, 0.15) is 45.6 Å². The molecule has 2 aromatic carbocycles. The first-order valence-corrected chi connectivity index (χ1v) is 23.9. The van der Waals surface area contributed by atoms with Crippen molar-refractivity contribution in [2.75, 3.05) is 0 Å². The topological polar surface area (TPSA) is 229 Å². The number of hydrogen-bond acceptors (Lipinski definition) is 10. The van der Waals surface area contributed by atoms with Crippen molar-refractivity contribution in [1.82, 2.24) is 39.9 Å². The molecule has 0 unspecified atom stereocenters. The minimum atomic E-state index is -4.53. The van der Waals surface area contributed by atoms with Crippen LogP contribution in [0.4, 0.5) is 0 Å². The van der Waals surface area contributed by atoms with E-state index in [9.17, 15) is 25.9 Å². The van der Waals surface area contributed by atoms with E-state index in [1.165, 1.54) is 24.3 Å². The van der Waals surface area contributed by atoms with Gasteiger partial charge in [0.2, 0.25) is 0 Å². The quantitative estimate of drug-likeness (QED) is 0.0963. The summed E-state index contributed by atoms with van der Waals surface area (Å²) in [5, 5.41) is 0. The number of nitrogens with one attached hydrogen (secondary N) is 4. The third-order valence-corrected chi connectivity index (χ3v) is 13.0. The summed E-state index contributed by atoms with van der Waals surface area (Å²) in [6.07, 6.45) is 15.3. The summed E-state index contributed by atoms with van der Waals surface area (Å²) in [5.41, 5.74) is 16.3. The molecule has 0 amide bonds. The standard InChI is InChI=1S/2C26H18N4O3S.Cu/c2*31-34(32,33)23-9-1-16(2-10-23)26-24-11-7-21(29-24)14-19-5-3-17(27-19)13-18-4-6-20(28-18)15-22-8-12-25(26)30-22;/h2*1-15,27-28H,(H,31,32,33);/q;;+2/p-2. The van der Waals surface area contributed by atoms with Crippen molar-refractivity contribution in [1.29, 1.82) is 0 Å². The fraction of sp³-hybridized carbons (Fsp3) is 0. The van der Waals surface area contributed by atoms with Crippen LogP contribution in [0.2, 0.25) is 0 Å². The van der Waals surface area contributed by atoms with Crippen LogP contribution in [0, 0.1) is 0 Å². The van der Waals surface area contributed by atoms with Gasteiger partial charge < -0.3 is 29.0 Å². The second-order valence-corrected chi connectivity index (χ2v) is 18.8. The zero-order valence-electron chi connectivity index (χ0n) is 35.7. The Labute approximate surface area is 404 Å². The molecule has 1 radical (unpaired) electrons. The summed E-state index contributed by atoms with van der Waals surface area (Å²) in [5.74, 6) is 0. The van der Waals surface area contributed by atoms with E-state index in [2.05, 4.69) is 19.9 Å². The minimum absolute atomic E-state index is 0. The molecule has 341 valence electrons. The first kappa shape index (κ1) is 44.8. The summed E-state index contributed by atoms with van der Waals surface area (Å²) in [6, 6.07) is 39.6. The minimum Gasteiger partial charge on any atom is -0.744 e. The van der Waals surface area contributed by atoms with Crippen molar-refractivity contribution < 1.29 is 43.0 Å². The van der Waals surface area contributed by atoms with E-state index in [0.29, 0.717) is 33.9 Å². The van der Waals surface area contributed by atoms with Crippen molar-refractivity contribution in [2.24, 2.45) is 0 Å². The Morgan fingerprint density at radius 2 is 0.551 bits per heavy atom. The average Bonchev–Trinajstić information content (AvgIpc) is 4.16. The SMILES string of the molecule is O=S(=O)([O-])c1ccc(-c2c3nc(cc4ccc(cc5ccc(cc6nc2C=C6)[nH]5)[nH]4)C=C3)cc1.O=S(=O)([O-])c1ccc(-c2c3nc(cc4ccc(cc5ccc(cc6nc2C=C6)[nH]5)[nH]4)C=C3)cc1.[Cu+2]. The molecule has 0 aliphatic carbocycles. The molecule has 8 aromatic rings. The third-order valence-electron chi connectivity index (χ3n) is 11.3. The maximum atomic E-state index is 11.4. The summed E-state index contributed by atoms with van der Waals surface area (Å²) in [7, 11) is -9.07. The Morgan fingerprint density at radius 1 is 0.319 bits per heavy atom. The Balaban J connectivity index is 0.000000158. The Bertz CT molecular complexity index is 3640. The van der Waals surface area contributed by atoms with Gasteiger partial charge in [-0.1, -0.05) is 24.3 Å². The molecule has 0 fully saturated rings. The van der Waals surface area contributed by atoms with E-state index in [0.717, 1.165) is 78.0 Å². The second-order valence-electron chi connectivity index (χ2n) is 16.1. The van der Waals surface area contributed by atoms with Gasteiger partial charge >= 0.3 is 17.1 Å². The molecule has 0 saturated carbocycles. The van der Waals surface area contributed by atoms with E-state index in [4.69, 9.17) is 19.9 Å². The van der Waals surface area contributed by atoms with Gasteiger partial charge in [-0.25, -0.2) is 36.8 Å². The van der Waals surface area contributed by atoms with Crippen LogP contribution in [0.25, 0.3) is 115 Å². The predicted octanol–water partition coefficient (Wildman–Crippen LogP) is 10.5. The smallest absolute Gasteiger partial charge is 0.744 e. The fourth-order valence-corrected chi connectivity index (χ4v) is 9.12. The van der Waals surface area contributed by atoms with Gasteiger partial charge in [-0.3, -0.25) is 0 Å². The summed E-state index contributed by atoms with van der Waals surface area (Å²) in [6.45, 7) is 0. The van der Waals surface area contributed by atoms with Crippen molar-refractivity contribution in [3.05, 3.63) is 179 Å². The van der Waals surface area contributed by atoms with Gasteiger partial charge in [0.05, 0.1) is 55.3 Å². The van der Waals surface area contributed by atoms with Crippen molar-refractivity contribution in [3.8, 4) is 22.3 Å². The van der Waals surface area contributed by atoms with Gasteiger partial charge in [0.15, 0.2) is 0 Å². The maximum Gasteiger partial charge on any atom is 2.00 e. The molecule has 4 aliphatic rings. The zero-order chi connectivity index (χ0) is 46.6. The molecule has 17 heteroatoms. The Hall–Kier alpha value is -8.02. The molecule has 4 aliphatic heterocycles. The number of fused-ring (bicyclic) bond motifs is 16. The maximum absolute atomic E-state index is 11.4. The van der Waals surface area contributed by atoms with E-state index in [1.807, 2.05) is 134 Å². The monoisotopic (exact) mass is 993 g/mol. The fourth-order valence-electron chi connectivity index (χ4n) is 8.18. The molecule has 69 heavy (non-hydrogen) atoms. The molecular formula is C52H34CuN8O6S2. The zero-order valence-corrected chi connectivity index (χ0v) is 38.3. The molecule has 14 nitrogen and oxygen atoms in total. The van der Waals surface area contributed by atoms with Gasteiger partial charge in [0.25, 0.3) is 0 Å². The molecule has 4 N–H and O–H groups in total. The molecule has 6 aromatic heterocycles. The first-order chi connectivity index (χ1) is 32.8. The van der Waals surface area contributed by atoms with E-state index in [1.54, 1.807) is 24.3 Å². The van der Waals surface area contributed by atoms with Gasteiger partial charge in [0, 0.05) is 55.3 Å². The van der Waals surface area contributed by atoms with Crippen molar-refractivity contribution in [3.63, 3.8) is 0 Å². The number of hydrogen-bond donors (Lipinski definition) is 4. The number of aromatic amines is 4. The van der Waals surface area contributed by atoms with Gasteiger partial charge in [0.1, 0.15) is 20.2 Å². The van der Waals surface area contributed by atoms with Crippen LogP contribution in [0.3, 0.4) is 0 Å². The van der Waals surface area contributed by atoms with Crippen LogP contribution < -0.4 is 0 Å². The molecule has 12 rings (SSSR count). The first-order valence-electron chi connectivity index (χ1n) is 21.1. The third kappa shape index (κ3) is 9.73. The van der Waals surface area contributed by atoms with E-state index in [-0.39, 0.29) is 26.9 Å². The molecule has 10 heterocycles. The number of rotatable bonds is 4. The number of nitrogens with zero attached hydrogens (tertiary/aromatic N) is 4. The molecular weight excluding hydrogens is 960 g/mol. The summed E-state index contributed by atoms with van der Waals surface area (Å²) >= 11 is 0. The Morgan fingerprint density at radius 3 is 0.783 bits per heavy atom. The molecule has 0 atom stereocenters. The van der Waals surface area contributed by atoms with E-state index < -0.39 is 20.2 Å². The van der Waals surface area contributed by atoms with Crippen LogP contribution in [0.5, 0.6) is 0 Å². The molecule has 0 spiro atoms. The van der Waals surface area contributed by atoms with Gasteiger partial charge in [-0.05, 0) is 169 Å². The van der Waals surface area contributed by atoms with E-state index >= 15 is 0 Å². The summed E-state index contributed by atoms with van der Waals surface area (Å²) in [4.78, 5) is 32.1. The van der Waals surface area contributed by atoms with Crippen LogP contribution in [-0.2, 0) is 37.3 Å². The molecule has 16 bridgehead atoms. The number of benzene rings is 2. The van der Waals surface area contributed by atoms with Gasteiger partial charge in [-0.2, -0.15) is 0 Å². The second kappa shape index (κ2) is 17.9. The van der Waals surface area contributed by atoms with Crippen LogP contribution in [0.15, 0.2) is 143 Å². The Kier molecular flexibility index (Phi) is 11.6. The van der Waals surface area contributed by atoms with Crippen molar-refractivity contribution >= 4 is 113 Å². The van der Waals surface area contributed by atoms with Gasteiger partial charge in [-0.15, -0.1) is 0 Å². The van der Waals surface area contributed by atoms with Crippen LogP contribution >= 0.6 is 0 Å². The normalized spacial score (nSPS) is 12.7. The molecule has 0 saturated heterocycles. The predicted molar refractivity (Wildman–Crippen MR) is 265 cm³/mol. The van der Waals surface area contributed by atoms with Crippen LogP contribution in [-0.4, -0.2) is 65.8 Å². The summed E-state index contributed by atoms with van der Waals surface area (Å²) < 4.78 is 68.3. The number of H-pyrrole nitrogens is 4. The number of aromatic nitrogens is 8. The average molecular weight is 995 g/mol. The van der Waals surface area contributed by atoms with Crippen molar-refractivity contribution in [2.45, 2.75) is 9.79 Å².